The summed E-state index contributed by atoms with van der Waals surface area (Å²) in [6, 6.07) is 9.12. The Hall–Kier alpha value is -2.06. The molecule has 1 aromatic rings. The highest BCUT2D eigenvalue weighted by atomic mass is 32.2. The number of esters is 1. The molecular weight excluding hydrogens is 322 g/mol. The average Bonchev–Trinajstić information content (AvgIpc) is 2.87. The van der Waals surface area contributed by atoms with Crippen LogP contribution in [-0.4, -0.2) is 16.8 Å². The molecule has 0 bridgehead atoms. The monoisotopic (exact) mass is 341 g/mol. The molecule has 2 fully saturated rings. The average molecular weight is 341 g/mol. The van der Waals surface area contributed by atoms with E-state index < -0.39 is 0 Å². The van der Waals surface area contributed by atoms with Gasteiger partial charge in [-0.15, -0.1) is 0 Å². The molecule has 0 spiro atoms. The fourth-order valence-corrected chi connectivity index (χ4v) is 4.09. The van der Waals surface area contributed by atoms with E-state index in [2.05, 4.69) is 6.07 Å². The highest BCUT2D eigenvalue weighted by Crippen LogP contribution is 2.60. The number of carbonyl (C=O) groups is 2. The molecule has 0 aromatic heterocycles. The molecule has 1 aliphatic heterocycles. The summed E-state index contributed by atoms with van der Waals surface area (Å²) in [7, 11) is 0. The van der Waals surface area contributed by atoms with Crippen molar-refractivity contribution in [3.63, 3.8) is 0 Å². The van der Waals surface area contributed by atoms with Crippen LogP contribution >= 0.6 is 11.8 Å². The van der Waals surface area contributed by atoms with Gasteiger partial charge in [0.15, 0.2) is 0 Å². The van der Waals surface area contributed by atoms with Crippen molar-refractivity contribution in [1.29, 1.82) is 5.26 Å². The van der Waals surface area contributed by atoms with Gasteiger partial charge in [0.05, 0.1) is 17.6 Å². The van der Waals surface area contributed by atoms with Crippen LogP contribution in [0.1, 0.15) is 31.4 Å². The summed E-state index contributed by atoms with van der Waals surface area (Å²) in [5.74, 6) is 0.459. The summed E-state index contributed by atoms with van der Waals surface area (Å²) in [5, 5.41) is 9.04. The molecule has 1 aromatic carbocycles. The number of benzene rings is 1. The Labute approximate surface area is 145 Å². The standard InChI is InChI=1S/C19H19NO3S/c1-19(2)15(9-14-6-7-24-18(14)22)16(19)17(21)23-11-13-5-3-4-12(8-13)10-20/h3-5,8-9,15-16H,6-7,11H2,1-2H3/b14-9+. The van der Waals surface area contributed by atoms with Gasteiger partial charge in [0.2, 0.25) is 5.12 Å². The molecule has 2 aliphatic rings. The van der Waals surface area contributed by atoms with Gasteiger partial charge in [-0.25, -0.2) is 0 Å². The third-order valence-electron chi connectivity index (χ3n) is 4.85. The quantitative estimate of drug-likeness (QED) is 0.620. The highest BCUT2D eigenvalue weighted by molar-refractivity contribution is 8.14. The minimum Gasteiger partial charge on any atom is -0.461 e. The van der Waals surface area contributed by atoms with E-state index in [1.54, 1.807) is 18.2 Å². The Morgan fingerprint density at radius 1 is 1.50 bits per heavy atom. The van der Waals surface area contributed by atoms with Crippen LogP contribution in [-0.2, 0) is 20.9 Å². The first-order valence-corrected chi connectivity index (χ1v) is 8.95. The lowest BCUT2D eigenvalue weighted by molar-refractivity contribution is -0.147. The molecule has 1 saturated carbocycles. The Morgan fingerprint density at radius 2 is 2.29 bits per heavy atom. The van der Waals surface area contributed by atoms with E-state index in [4.69, 9.17) is 10.00 Å². The number of thioether (sulfide) groups is 1. The van der Waals surface area contributed by atoms with Crippen LogP contribution in [0, 0.1) is 28.6 Å². The lowest BCUT2D eigenvalue weighted by Crippen LogP contribution is -2.10. The zero-order valence-corrected chi connectivity index (χ0v) is 14.6. The molecule has 24 heavy (non-hydrogen) atoms. The number of hydrogen-bond acceptors (Lipinski definition) is 5. The summed E-state index contributed by atoms with van der Waals surface area (Å²) in [4.78, 5) is 24.2. The van der Waals surface area contributed by atoms with Gasteiger partial charge in [0.1, 0.15) is 6.61 Å². The molecule has 2 atom stereocenters. The predicted octanol–water partition coefficient (Wildman–Crippen LogP) is 3.46. The summed E-state index contributed by atoms with van der Waals surface area (Å²) >= 11 is 1.35. The number of allylic oxidation sites excluding steroid dienone is 1. The molecule has 5 heteroatoms. The van der Waals surface area contributed by atoms with Crippen molar-refractivity contribution in [1.82, 2.24) is 0 Å². The zero-order chi connectivity index (χ0) is 17.3. The minimum absolute atomic E-state index is 0.0630. The van der Waals surface area contributed by atoms with Crippen molar-refractivity contribution < 1.29 is 14.3 Å². The first kappa shape index (κ1) is 16.8. The zero-order valence-electron chi connectivity index (χ0n) is 13.7. The van der Waals surface area contributed by atoms with Gasteiger partial charge in [0.25, 0.3) is 0 Å². The fraction of sp³-hybridized carbons (Fsp3) is 0.421. The second kappa shape index (κ2) is 6.45. The van der Waals surface area contributed by atoms with Crippen LogP contribution in [0.25, 0.3) is 0 Å². The topological polar surface area (TPSA) is 67.2 Å². The second-order valence-electron chi connectivity index (χ2n) is 6.82. The van der Waals surface area contributed by atoms with Crippen molar-refractivity contribution >= 4 is 22.8 Å². The third-order valence-corrected chi connectivity index (χ3v) is 5.78. The van der Waals surface area contributed by atoms with Crippen molar-refractivity contribution in [2.45, 2.75) is 26.9 Å². The first-order chi connectivity index (χ1) is 11.4. The van der Waals surface area contributed by atoms with Gasteiger partial charge in [0, 0.05) is 11.3 Å². The Kier molecular flexibility index (Phi) is 4.51. The van der Waals surface area contributed by atoms with E-state index in [-0.39, 0.29) is 34.9 Å². The molecule has 1 saturated heterocycles. The SMILES string of the molecule is CC1(C)C(/C=C2\CCSC2=O)C1C(=O)OCc1cccc(C#N)c1. The maximum Gasteiger partial charge on any atom is 0.310 e. The number of carbonyl (C=O) groups excluding carboxylic acids is 2. The van der Waals surface area contributed by atoms with E-state index in [0.29, 0.717) is 5.56 Å². The first-order valence-electron chi connectivity index (χ1n) is 7.97. The van der Waals surface area contributed by atoms with E-state index >= 15 is 0 Å². The van der Waals surface area contributed by atoms with Crippen LogP contribution in [0.4, 0.5) is 0 Å². The minimum atomic E-state index is -0.234. The van der Waals surface area contributed by atoms with E-state index in [1.807, 2.05) is 26.0 Å². The maximum atomic E-state index is 12.4. The van der Waals surface area contributed by atoms with Gasteiger partial charge in [-0.3, -0.25) is 9.59 Å². The van der Waals surface area contributed by atoms with Gasteiger partial charge in [-0.2, -0.15) is 5.26 Å². The van der Waals surface area contributed by atoms with Gasteiger partial charge in [-0.05, 0) is 35.4 Å². The van der Waals surface area contributed by atoms with Gasteiger partial charge in [-0.1, -0.05) is 43.8 Å². The van der Waals surface area contributed by atoms with Crippen molar-refractivity contribution in [2.24, 2.45) is 17.3 Å². The molecule has 1 aliphatic carbocycles. The third kappa shape index (κ3) is 3.25. The largest absolute Gasteiger partial charge is 0.461 e. The second-order valence-corrected chi connectivity index (χ2v) is 7.89. The molecule has 0 radical (unpaired) electrons. The molecule has 3 rings (SSSR count). The van der Waals surface area contributed by atoms with Crippen molar-refractivity contribution in [2.75, 3.05) is 5.75 Å². The molecule has 0 N–H and O–H groups in total. The van der Waals surface area contributed by atoms with E-state index in [1.165, 1.54) is 11.8 Å². The van der Waals surface area contributed by atoms with E-state index in [9.17, 15) is 9.59 Å². The summed E-state index contributed by atoms with van der Waals surface area (Å²) in [5.41, 5.74) is 2.02. The lowest BCUT2D eigenvalue weighted by Gasteiger charge is -2.06. The Bertz CT molecular complexity index is 760. The van der Waals surface area contributed by atoms with Crippen LogP contribution in [0.5, 0.6) is 0 Å². The summed E-state index contributed by atoms with van der Waals surface area (Å²) in [6.07, 6.45) is 2.77. The molecule has 0 amide bonds. The van der Waals surface area contributed by atoms with Crippen molar-refractivity contribution in [3.05, 3.63) is 47.0 Å². The Balaban J connectivity index is 1.63. The van der Waals surface area contributed by atoms with E-state index in [0.717, 1.165) is 23.3 Å². The number of nitrogens with zero attached hydrogens (tertiary/aromatic N) is 1. The molecule has 1 heterocycles. The number of hydrogen-bond donors (Lipinski definition) is 0. The highest BCUT2D eigenvalue weighted by Gasteiger charge is 2.61. The van der Waals surface area contributed by atoms with Gasteiger partial charge >= 0.3 is 5.97 Å². The van der Waals surface area contributed by atoms with Crippen LogP contribution in [0.3, 0.4) is 0 Å². The van der Waals surface area contributed by atoms with Gasteiger partial charge < -0.3 is 4.74 Å². The maximum absolute atomic E-state index is 12.4. The predicted molar refractivity (Wildman–Crippen MR) is 91.9 cm³/mol. The number of nitriles is 1. The molecule has 124 valence electrons. The van der Waals surface area contributed by atoms with Crippen molar-refractivity contribution in [3.8, 4) is 6.07 Å². The Morgan fingerprint density at radius 3 is 2.96 bits per heavy atom. The molecule has 4 nitrogen and oxygen atoms in total. The summed E-state index contributed by atoms with van der Waals surface area (Å²) in [6.45, 7) is 4.23. The fourth-order valence-electron chi connectivity index (χ4n) is 3.23. The normalized spacial score (nSPS) is 26.2. The molecular formula is C19H19NO3S. The van der Waals surface area contributed by atoms with Crippen LogP contribution < -0.4 is 0 Å². The summed E-state index contributed by atoms with van der Waals surface area (Å²) < 4.78 is 5.44. The smallest absolute Gasteiger partial charge is 0.310 e. The van der Waals surface area contributed by atoms with Crippen LogP contribution in [0.15, 0.2) is 35.9 Å². The number of ether oxygens (including phenoxy) is 1. The molecule has 2 unspecified atom stereocenters. The lowest BCUT2D eigenvalue weighted by atomic mass is 10.1. The number of rotatable bonds is 4. The van der Waals surface area contributed by atoms with Crippen LogP contribution in [0.2, 0.25) is 0 Å².